The van der Waals surface area contributed by atoms with Crippen molar-refractivity contribution in [1.29, 1.82) is 0 Å². The lowest BCUT2D eigenvalue weighted by Crippen LogP contribution is -2.33. The minimum absolute atomic E-state index is 0.193. The van der Waals surface area contributed by atoms with Gasteiger partial charge in [-0.25, -0.2) is 21.6 Å². The number of cyclic esters (lactones) is 1. The van der Waals surface area contributed by atoms with Gasteiger partial charge in [0.05, 0.1) is 23.7 Å². The number of anilines is 1. The molecule has 212 valence electrons. The van der Waals surface area contributed by atoms with E-state index < -0.39 is 28.0 Å². The molecule has 0 radical (unpaired) electrons. The standard InChI is InChI=1S/C30H29FN4O5S/c1-21(36)33-19-26-20-34(30(37)40-26)24-13-14-28(29(31)16-24)23-11-9-22(10-12-23)17-32-18-25-6-5-15-35(25)41(38,39)27-7-3-2-4-8-27/h2-16,26,32H,17-20H2,1H3,(H,33,36)/t26-/m0/s1. The quantitative estimate of drug-likeness (QED) is 0.292. The van der Waals surface area contributed by atoms with Crippen LogP contribution in [0.3, 0.4) is 0 Å². The summed E-state index contributed by atoms with van der Waals surface area (Å²) in [7, 11) is -3.68. The van der Waals surface area contributed by atoms with Crippen molar-refractivity contribution in [2.45, 2.75) is 31.0 Å². The van der Waals surface area contributed by atoms with Gasteiger partial charge in [0.2, 0.25) is 5.91 Å². The monoisotopic (exact) mass is 576 g/mol. The van der Waals surface area contributed by atoms with E-state index in [0.29, 0.717) is 35.6 Å². The number of rotatable bonds is 10. The Morgan fingerprint density at radius 1 is 1.00 bits per heavy atom. The van der Waals surface area contributed by atoms with E-state index >= 15 is 4.39 Å². The van der Waals surface area contributed by atoms with Gasteiger partial charge in [-0.15, -0.1) is 0 Å². The van der Waals surface area contributed by atoms with Crippen molar-refractivity contribution >= 4 is 27.7 Å². The second-order valence-corrected chi connectivity index (χ2v) is 11.4. The third-order valence-corrected chi connectivity index (χ3v) is 8.45. The van der Waals surface area contributed by atoms with E-state index in [1.54, 1.807) is 54.6 Å². The molecule has 11 heteroatoms. The van der Waals surface area contributed by atoms with E-state index in [2.05, 4.69) is 10.6 Å². The third-order valence-electron chi connectivity index (χ3n) is 6.71. The highest BCUT2D eigenvalue weighted by molar-refractivity contribution is 7.90. The average molecular weight is 577 g/mol. The zero-order chi connectivity index (χ0) is 29.0. The number of halogens is 1. The lowest BCUT2D eigenvalue weighted by atomic mass is 10.0. The van der Waals surface area contributed by atoms with E-state index in [9.17, 15) is 18.0 Å². The minimum atomic E-state index is -3.68. The number of ether oxygens (including phenoxy) is 1. The minimum Gasteiger partial charge on any atom is -0.442 e. The highest BCUT2D eigenvalue weighted by Crippen LogP contribution is 2.29. The highest BCUT2D eigenvalue weighted by Gasteiger charge is 2.32. The molecule has 1 atom stereocenters. The number of benzene rings is 3. The first-order valence-corrected chi connectivity index (χ1v) is 14.5. The van der Waals surface area contributed by atoms with Gasteiger partial charge < -0.3 is 15.4 Å². The van der Waals surface area contributed by atoms with Gasteiger partial charge in [-0.1, -0.05) is 42.5 Å². The van der Waals surface area contributed by atoms with Crippen LogP contribution in [-0.2, 0) is 32.6 Å². The Labute approximate surface area is 237 Å². The highest BCUT2D eigenvalue weighted by atomic mass is 32.2. The molecule has 1 aromatic heterocycles. The molecular weight excluding hydrogens is 547 g/mol. The molecule has 9 nitrogen and oxygen atoms in total. The summed E-state index contributed by atoms with van der Waals surface area (Å²) in [5.41, 5.74) is 2.99. The zero-order valence-corrected chi connectivity index (χ0v) is 23.1. The first kappa shape index (κ1) is 28.1. The number of amides is 2. The van der Waals surface area contributed by atoms with Gasteiger partial charge in [0.15, 0.2) is 0 Å². The predicted octanol–water partition coefficient (Wildman–Crippen LogP) is 4.28. The van der Waals surface area contributed by atoms with Crippen molar-refractivity contribution in [2.75, 3.05) is 18.0 Å². The summed E-state index contributed by atoms with van der Waals surface area (Å²) in [5, 5.41) is 5.88. The second-order valence-electron chi connectivity index (χ2n) is 9.63. The summed E-state index contributed by atoms with van der Waals surface area (Å²) in [6.45, 7) is 2.60. The molecule has 1 saturated heterocycles. The van der Waals surface area contributed by atoms with Crippen molar-refractivity contribution in [3.63, 3.8) is 0 Å². The molecule has 2 amide bonds. The van der Waals surface area contributed by atoms with Gasteiger partial charge in [-0.3, -0.25) is 9.69 Å². The second kappa shape index (κ2) is 11.9. The molecule has 0 saturated carbocycles. The summed E-state index contributed by atoms with van der Waals surface area (Å²) in [6.07, 6.45) is 0.437. The predicted molar refractivity (Wildman–Crippen MR) is 152 cm³/mol. The Morgan fingerprint density at radius 3 is 2.46 bits per heavy atom. The van der Waals surface area contributed by atoms with Crippen LogP contribution in [0.1, 0.15) is 18.2 Å². The van der Waals surface area contributed by atoms with Crippen molar-refractivity contribution in [1.82, 2.24) is 14.6 Å². The fraction of sp³-hybridized carbons (Fsp3) is 0.200. The maximum absolute atomic E-state index is 15.1. The summed E-state index contributed by atoms with van der Waals surface area (Å²) in [5.74, 6) is -0.701. The molecule has 5 rings (SSSR count). The summed E-state index contributed by atoms with van der Waals surface area (Å²) >= 11 is 0. The number of hydrogen-bond donors (Lipinski definition) is 2. The molecule has 0 aliphatic carbocycles. The number of hydrogen-bond acceptors (Lipinski definition) is 6. The van der Waals surface area contributed by atoms with Crippen LogP contribution in [0.15, 0.2) is 96.0 Å². The SMILES string of the molecule is CC(=O)NC[C@H]1CN(c2ccc(-c3ccc(CNCc4cccn4S(=O)(=O)c4ccccc4)cc3)c(F)c2)C(=O)O1. The Bertz CT molecular complexity index is 1660. The van der Waals surface area contributed by atoms with Gasteiger partial charge in [0, 0.05) is 37.5 Å². The van der Waals surface area contributed by atoms with Crippen molar-refractivity contribution in [3.8, 4) is 11.1 Å². The normalized spacial score (nSPS) is 15.1. The number of aromatic nitrogens is 1. The molecule has 0 unspecified atom stereocenters. The Balaban J connectivity index is 1.20. The summed E-state index contributed by atoms with van der Waals surface area (Å²) in [6, 6.07) is 23.7. The van der Waals surface area contributed by atoms with Crippen LogP contribution in [0.2, 0.25) is 0 Å². The summed E-state index contributed by atoms with van der Waals surface area (Å²) in [4.78, 5) is 24.9. The Kier molecular flexibility index (Phi) is 8.18. The fourth-order valence-electron chi connectivity index (χ4n) is 4.62. The number of nitrogens with one attached hydrogen (secondary N) is 2. The molecule has 41 heavy (non-hydrogen) atoms. The smallest absolute Gasteiger partial charge is 0.414 e. The maximum Gasteiger partial charge on any atom is 0.414 e. The molecule has 2 N–H and O–H groups in total. The van der Waals surface area contributed by atoms with E-state index in [4.69, 9.17) is 4.74 Å². The topological polar surface area (TPSA) is 110 Å². The lowest BCUT2D eigenvalue weighted by Gasteiger charge is -2.15. The van der Waals surface area contributed by atoms with Crippen LogP contribution in [0.4, 0.5) is 14.9 Å². The molecule has 2 heterocycles. The Morgan fingerprint density at radius 2 is 1.76 bits per heavy atom. The molecule has 1 aliphatic heterocycles. The zero-order valence-electron chi connectivity index (χ0n) is 22.3. The van der Waals surface area contributed by atoms with Crippen molar-refractivity contribution < 1.29 is 27.1 Å². The summed E-state index contributed by atoms with van der Waals surface area (Å²) < 4.78 is 47.6. The molecule has 1 aliphatic rings. The van der Waals surface area contributed by atoms with Gasteiger partial charge >= 0.3 is 6.09 Å². The molecule has 3 aromatic carbocycles. The van der Waals surface area contributed by atoms with Crippen LogP contribution in [0.25, 0.3) is 11.1 Å². The fourth-order valence-corrected chi connectivity index (χ4v) is 6.01. The molecule has 4 aromatic rings. The number of carbonyl (C=O) groups is 2. The van der Waals surface area contributed by atoms with E-state index in [0.717, 1.165) is 5.56 Å². The molecule has 0 bridgehead atoms. The Hall–Kier alpha value is -4.48. The van der Waals surface area contributed by atoms with Gasteiger partial charge in [-0.2, -0.15) is 0 Å². The van der Waals surface area contributed by atoms with Gasteiger partial charge in [0.1, 0.15) is 11.9 Å². The maximum atomic E-state index is 15.1. The third kappa shape index (κ3) is 6.31. The van der Waals surface area contributed by atoms with Crippen molar-refractivity contribution in [3.05, 3.63) is 108 Å². The largest absolute Gasteiger partial charge is 0.442 e. The van der Waals surface area contributed by atoms with Crippen LogP contribution < -0.4 is 15.5 Å². The van der Waals surface area contributed by atoms with E-state index in [-0.39, 0.29) is 23.9 Å². The molecular formula is C30H29FN4O5S. The van der Waals surface area contributed by atoms with E-state index in [1.807, 2.05) is 24.3 Å². The molecule has 0 spiro atoms. The van der Waals surface area contributed by atoms with Crippen LogP contribution >= 0.6 is 0 Å². The molecule has 1 fully saturated rings. The van der Waals surface area contributed by atoms with Gasteiger partial charge in [0.25, 0.3) is 10.0 Å². The van der Waals surface area contributed by atoms with Crippen LogP contribution in [-0.4, -0.2) is 43.6 Å². The van der Waals surface area contributed by atoms with Crippen LogP contribution in [0, 0.1) is 5.82 Å². The first-order chi connectivity index (χ1) is 19.7. The van der Waals surface area contributed by atoms with Crippen LogP contribution in [0.5, 0.6) is 0 Å². The van der Waals surface area contributed by atoms with Crippen molar-refractivity contribution in [2.24, 2.45) is 0 Å². The van der Waals surface area contributed by atoms with Gasteiger partial charge in [-0.05, 0) is 53.6 Å². The number of nitrogens with zero attached hydrogens (tertiary/aromatic N) is 2. The van der Waals surface area contributed by atoms with E-state index in [1.165, 1.54) is 28.1 Å². The average Bonchev–Trinajstić information content (AvgIpc) is 3.60. The lowest BCUT2D eigenvalue weighted by molar-refractivity contribution is -0.119. The first-order valence-electron chi connectivity index (χ1n) is 13.0. The number of carbonyl (C=O) groups excluding carboxylic acids is 2.